The number of para-hydroxylation sites is 1. The molecule has 0 unspecified atom stereocenters. The first kappa shape index (κ1) is 17.0. The average molecular weight is 341 g/mol. The van der Waals surface area contributed by atoms with Crippen molar-refractivity contribution >= 4 is 16.9 Å². The second kappa shape index (κ2) is 7.38. The lowest BCUT2D eigenvalue weighted by molar-refractivity contribution is -0.147. The smallest absolute Gasteiger partial charge is 0.310 e. The number of carbonyl (C=O) groups is 1. The molecule has 25 heavy (non-hydrogen) atoms. The quantitative estimate of drug-likeness (QED) is 0.612. The first-order valence-electron chi connectivity index (χ1n) is 7.94. The highest BCUT2D eigenvalue weighted by Crippen LogP contribution is 2.22. The van der Waals surface area contributed by atoms with Crippen LogP contribution in [-0.2, 0) is 16.0 Å². The Bertz CT molecular complexity index is 896. The Morgan fingerprint density at radius 2 is 1.88 bits per heavy atom. The summed E-state index contributed by atoms with van der Waals surface area (Å²) in [6, 6.07) is 15.4. The number of alkyl halides is 2. The van der Waals surface area contributed by atoms with Crippen molar-refractivity contribution in [3.8, 4) is 0 Å². The van der Waals surface area contributed by atoms with E-state index in [0.717, 1.165) is 16.5 Å². The molecule has 0 aliphatic carbocycles. The highest BCUT2D eigenvalue weighted by Gasteiger charge is 2.14. The largest absolute Gasteiger partial charge is 0.457 e. The van der Waals surface area contributed by atoms with Gasteiger partial charge < -0.3 is 4.74 Å². The van der Waals surface area contributed by atoms with Gasteiger partial charge in [0.1, 0.15) is 6.10 Å². The van der Waals surface area contributed by atoms with Gasteiger partial charge in [-0.25, -0.2) is 8.78 Å². The fourth-order valence-corrected chi connectivity index (χ4v) is 2.62. The molecule has 0 aliphatic heterocycles. The minimum absolute atomic E-state index is 0.0497. The molecule has 0 fully saturated rings. The van der Waals surface area contributed by atoms with E-state index in [1.807, 2.05) is 30.3 Å². The Morgan fingerprint density at radius 3 is 2.68 bits per heavy atom. The number of halogens is 2. The summed E-state index contributed by atoms with van der Waals surface area (Å²) in [4.78, 5) is 16.5. The Labute approximate surface area is 144 Å². The van der Waals surface area contributed by atoms with Crippen molar-refractivity contribution in [3.05, 3.63) is 77.5 Å². The number of esters is 1. The Kier molecular flexibility index (Phi) is 5.03. The third kappa shape index (κ3) is 4.18. The predicted molar refractivity (Wildman–Crippen MR) is 91.4 cm³/mol. The van der Waals surface area contributed by atoms with Gasteiger partial charge in [0.2, 0.25) is 0 Å². The number of nitrogens with zero attached hydrogens (tertiary/aromatic N) is 1. The lowest BCUT2D eigenvalue weighted by Crippen LogP contribution is -2.12. The van der Waals surface area contributed by atoms with Gasteiger partial charge in [-0.2, -0.15) is 0 Å². The van der Waals surface area contributed by atoms with Gasteiger partial charge in [0.25, 0.3) is 6.43 Å². The molecule has 1 atom stereocenters. The zero-order valence-corrected chi connectivity index (χ0v) is 13.7. The standard InChI is InChI=1S/C20H17F2NO2/c1-13(17-11-15-6-2-3-8-18(15)23-12-17)25-19(24)10-14-5-4-7-16(9-14)20(21)22/h2-9,11-13,20H,10H2,1H3/t13-/m0/s1. The van der Waals surface area contributed by atoms with E-state index in [9.17, 15) is 13.6 Å². The molecule has 1 heterocycles. The van der Waals surface area contributed by atoms with Crippen LogP contribution >= 0.6 is 0 Å². The number of rotatable bonds is 5. The third-order valence-electron chi connectivity index (χ3n) is 3.94. The molecule has 3 rings (SSSR count). The zero-order valence-electron chi connectivity index (χ0n) is 13.7. The van der Waals surface area contributed by atoms with Crippen LogP contribution in [0.4, 0.5) is 8.78 Å². The molecule has 0 radical (unpaired) electrons. The Hall–Kier alpha value is -2.82. The lowest BCUT2D eigenvalue weighted by atomic mass is 10.1. The normalized spacial score (nSPS) is 12.3. The maximum Gasteiger partial charge on any atom is 0.310 e. The van der Waals surface area contributed by atoms with Crippen LogP contribution in [0, 0.1) is 0 Å². The van der Waals surface area contributed by atoms with E-state index in [1.54, 1.807) is 19.2 Å². The molecule has 3 aromatic rings. The van der Waals surface area contributed by atoms with E-state index in [-0.39, 0.29) is 12.0 Å². The van der Waals surface area contributed by atoms with Crippen molar-refractivity contribution in [1.29, 1.82) is 0 Å². The summed E-state index contributed by atoms with van der Waals surface area (Å²) in [5.74, 6) is -0.466. The van der Waals surface area contributed by atoms with Crippen molar-refractivity contribution in [2.75, 3.05) is 0 Å². The van der Waals surface area contributed by atoms with Crippen LogP contribution in [0.2, 0.25) is 0 Å². The number of benzene rings is 2. The van der Waals surface area contributed by atoms with Crippen molar-refractivity contribution < 1.29 is 18.3 Å². The number of aromatic nitrogens is 1. The van der Waals surface area contributed by atoms with Crippen LogP contribution in [0.1, 0.15) is 36.1 Å². The second-order valence-electron chi connectivity index (χ2n) is 5.82. The topological polar surface area (TPSA) is 39.2 Å². The van der Waals surface area contributed by atoms with Gasteiger partial charge in [0.05, 0.1) is 11.9 Å². The van der Waals surface area contributed by atoms with Crippen molar-refractivity contribution in [3.63, 3.8) is 0 Å². The van der Waals surface area contributed by atoms with Crippen LogP contribution in [0.5, 0.6) is 0 Å². The Morgan fingerprint density at radius 1 is 1.08 bits per heavy atom. The first-order valence-corrected chi connectivity index (χ1v) is 7.94. The first-order chi connectivity index (χ1) is 12.0. The van der Waals surface area contributed by atoms with Crippen molar-refractivity contribution in [2.24, 2.45) is 0 Å². The molecule has 0 saturated carbocycles. The van der Waals surface area contributed by atoms with Crippen LogP contribution < -0.4 is 0 Å². The van der Waals surface area contributed by atoms with Gasteiger partial charge in [-0.15, -0.1) is 0 Å². The number of ether oxygens (including phenoxy) is 1. The molecule has 0 aliphatic rings. The van der Waals surface area contributed by atoms with Crippen LogP contribution in [0.3, 0.4) is 0 Å². The van der Waals surface area contributed by atoms with Gasteiger partial charge in [-0.3, -0.25) is 9.78 Å². The van der Waals surface area contributed by atoms with Gasteiger partial charge in [-0.05, 0) is 30.7 Å². The average Bonchev–Trinajstić information content (AvgIpc) is 2.61. The highest BCUT2D eigenvalue weighted by atomic mass is 19.3. The molecule has 5 heteroatoms. The van der Waals surface area contributed by atoms with E-state index >= 15 is 0 Å². The van der Waals surface area contributed by atoms with E-state index in [0.29, 0.717) is 5.56 Å². The second-order valence-corrected chi connectivity index (χ2v) is 5.82. The maximum atomic E-state index is 12.7. The van der Waals surface area contributed by atoms with Gasteiger partial charge in [-0.1, -0.05) is 36.4 Å². The molecule has 0 N–H and O–H groups in total. The molecule has 128 valence electrons. The Balaban J connectivity index is 1.68. The molecule has 0 saturated heterocycles. The third-order valence-corrected chi connectivity index (χ3v) is 3.94. The number of hydrogen-bond acceptors (Lipinski definition) is 3. The fraction of sp³-hybridized carbons (Fsp3) is 0.200. The summed E-state index contributed by atoms with van der Waals surface area (Å²) >= 11 is 0. The molecular formula is C20H17F2NO2. The summed E-state index contributed by atoms with van der Waals surface area (Å²) in [5.41, 5.74) is 2.06. The summed E-state index contributed by atoms with van der Waals surface area (Å²) in [6.07, 6.45) is -1.40. The van der Waals surface area contributed by atoms with E-state index < -0.39 is 18.5 Å². The summed E-state index contributed by atoms with van der Waals surface area (Å²) in [7, 11) is 0. The minimum Gasteiger partial charge on any atom is -0.457 e. The van der Waals surface area contributed by atoms with Crippen LogP contribution in [-0.4, -0.2) is 11.0 Å². The minimum atomic E-state index is -2.56. The zero-order chi connectivity index (χ0) is 17.8. The van der Waals surface area contributed by atoms with Gasteiger partial charge in [0, 0.05) is 22.7 Å². The molecule has 1 aromatic heterocycles. The summed E-state index contributed by atoms with van der Waals surface area (Å²) < 4.78 is 30.9. The molecule has 0 spiro atoms. The van der Waals surface area contributed by atoms with Gasteiger partial charge >= 0.3 is 5.97 Å². The van der Waals surface area contributed by atoms with Crippen molar-refractivity contribution in [2.45, 2.75) is 25.9 Å². The van der Waals surface area contributed by atoms with Crippen LogP contribution in [0.15, 0.2) is 60.8 Å². The monoisotopic (exact) mass is 341 g/mol. The van der Waals surface area contributed by atoms with Crippen LogP contribution in [0.25, 0.3) is 10.9 Å². The number of carbonyl (C=O) groups excluding carboxylic acids is 1. The predicted octanol–water partition coefficient (Wildman–Crippen LogP) is 5.02. The van der Waals surface area contributed by atoms with E-state index in [1.165, 1.54) is 18.2 Å². The molecule has 0 amide bonds. The molecule has 0 bridgehead atoms. The fourth-order valence-electron chi connectivity index (χ4n) is 2.62. The summed E-state index contributed by atoms with van der Waals surface area (Å²) in [6.45, 7) is 1.76. The highest BCUT2D eigenvalue weighted by molar-refractivity contribution is 5.79. The van der Waals surface area contributed by atoms with E-state index in [4.69, 9.17) is 4.74 Å². The number of pyridine rings is 1. The number of fused-ring (bicyclic) bond motifs is 1. The summed E-state index contributed by atoms with van der Waals surface area (Å²) in [5, 5.41) is 0.965. The SMILES string of the molecule is C[C@H](OC(=O)Cc1cccc(C(F)F)c1)c1cnc2ccccc2c1. The maximum absolute atomic E-state index is 12.7. The molecule has 3 nitrogen and oxygen atoms in total. The molecule has 2 aromatic carbocycles. The lowest BCUT2D eigenvalue weighted by Gasteiger charge is -2.14. The van der Waals surface area contributed by atoms with Gasteiger partial charge in [0.15, 0.2) is 0 Å². The van der Waals surface area contributed by atoms with E-state index in [2.05, 4.69) is 4.98 Å². The molecular weight excluding hydrogens is 324 g/mol. The number of hydrogen-bond donors (Lipinski definition) is 0. The van der Waals surface area contributed by atoms with Crippen molar-refractivity contribution in [1.82, 2.24) is 4.98 Å².